The number of hydrogen-bond donors (Lipinski definition) is 2. The Bertz CT molecular complexity index is 495. The zero-order valence-corrected chi connectivity index (χ0v) is 14.0. The monoisotopic (exact) mass is 319 g/mol. The zero-order valence-electron chi connectivity index (χ0n) is 13.2. The normalized spacial score (nSPS) is 14.5. The Balaban J connectivity index is 1.86. The average Bonchev–Trinajstić information content (AvgIpc) is 2.56. The largest absolute Gasteiger partial charge is 0.362 e. The van der Waals surface area contributed by atoms with Crippen molar-refractivity contribution in [2.45, 2.75) is 39.0 Å². The van der Waals surface area contributed by atoms with Crippen molar-refractivity contribution in [1.29, 1.82) is 0 Å². The Kier molecular flexibility index (Phi) is 6.65. The molecule has 0 saturated carbocycles. The van der Waals surface area contributed by atoms with Crippen LogP contribution in [0, 0.1) is 0 Å². The second-order valence-electron chi connectivity index (χ2n) is 5.66. The summed E-state index contributed by atoms with van der Waals surface area (Å²) in [5, 5.41) is 6.94. The maximum atomic E-state index is 12.4. The first kappa shape index (κ1) is 16.7. The molecule has 1 heterocycles. The molecule has 0 bridgehead atoms. The van der Waals surface area contributed by atoms with E-state index in [2.05, 4.69) is 17.6 Å². The molecule has 0 radical (unpaired) electrons. The summed E-state index contributed by atoms with van der Waals surface area (Å²) in [6.45, 7) is 4.79. The topological polar surface area (TPSA) is 44.4 Å². The van der Waals surface area contributed by atoms with Crippen LogP contribution >= 0.6 is 12.2 Å². The van der Waals surface area contributed by atoms with Gasteiger partial charge in [0, 0.05) is 30.9 Å². The summed E-state index contributed by atoms with van der Waals surface area (Å²) in [6, 6.07) is 7.55. The van der Waals surface area contributed by atoms with Gasteiger partial charge < -0.3 is 15.5 Å². The maximum Gasteiger partial charge on any atom is 0.253 e. The predicted octanol–water partition coefficient (Wildman–Crippen LogP) is 3.40. The van der Waals surface area contributed by atoms with Gasteiger partial charge in [0.2, 0.25) is 0 Å². The summed E-state index contributed by atoms with van der Waals surface area (Å²) in [5.74, 6) is 0.134. The van der Waals surface area contributed by atoms with Crippen molar-refractivity contribution in [2.75, 3.05) is 25.0 Å². The van der Waals surface area contributed by atoms with E-state index in [9.17, 15) is 4.79 Å². The summed E-state index contributed by atoms with van der Waals surface area (Å²) in [4.78, 5) is 14.3. The number of benzene rings is 1. The summed E-state index contributed by atoms with van der Waals surface area (Å²) in [5.41, 5.74) is 1.65. The number of unbranched alkanes of at least 4 members (excludes halogenated alkanes) is 1. The molecule has 2 N–H and O–H groups in total. The Labute approximate surface area is 138 Å². The Morgan fingerprint density at radius 3 is 2.50 bits per heavy atom. The van der Waals surface area contributed by atoms with Crippen molar-refractivity contribution >= 4 is 28.9 Å². The van der Waals surface area contributed by atoms with Crippen LogP contribution in [0.25, 0.3) is 0 Å². The summed E-state index contributed by atoms with van der Waals surface area (Å²) in [6.07, 6.45) is 5.70. The van der Waals surface area contributed by atoms with E-state index in [1.54, 1.807) is 0 Å². The van der Waals surface area contributed by atoms with Crippen LogP contribution < -0.4 is 10.6 Å². The van der Waals surface area contributed by atoms with Crippen LogP contribution in [-0.4, -0.2) is 35.6 Å². The van der Waals surface area contributed by atoms with Gasteiger partial charge in [-0.3, -0.25) is 4.79 Å². The van der Waals surface area contributed by atoms with E-state index >= 15 is 0 Å². The molecular weight excluding hydrogens is 294 g/mol. The fourth-order valence-electron chi connectivity index (χ4n) is 2.53. The first-order valence-electron chi connectivity index (χ1n) is 8.15. The number of anilines is 1. The zero-order chi connectivity index (χ0) is 15.8. The van der Waals surface area contributed by atoms with Crippen LogP contribution in [0.1, 0.15) is 49.4 Å². The minimum atomic E-state index is 0.134. The molecule has 1 aromatic carbocycles. The number of thiocarbonyl (C=S) groups is 1. The highest BCUT2D eigenvalue weighted by atomic mass is 32.1. The van der Waals surface area contributed by atoms with Gasteiger partial charge in [-0.15, -0.1) is 0 Å². The molecule has 0 atom stereocenters. The predicted molar refractivity (Wildman–Crippen MR) is 95.3 cm³/mol. The number of rotatable bonds is 5. The average molecular weight is 319 g/mol. The van der Waals surface area contributed by atoms with Crippen LogP contribution in [0.2, 0.25) is 0 Å². The van der Waals surface area contributed by atoms with Gasteiger partial charge in [-0.2, -0.15) is 0 Å². The smallest absolute Gasteiger partial charge is 0.253 e. The lowest BCUT2D eigenvalue weighted by Crippen LogP contribution is -2.35. The molecule has 0 unspecified atom stereocenters. The molecule has 1 fully saturated rings. The Hall–Kier alpha value is -1.62. The van der Waals surface area contributed by atoms with Gasteiger partial charge in [0.1, 0.15) is 0 Å². The lowest BCUT2D eigenvalue weighted by atomic mass is 10.1. The van der Waals surface area contributed by atoms with E-state index in [4.69, 9.17) is 12.2 Å². The number of amides is 1. The molecule has 1 amide bonds. The molecule has 1 aliphatic rings. The van der Waals surface area contributed by atoms with Crippen molar-refractivity contribution in [3.63, 3.8) is 0 Å². The lowest BCUT2D eigenvalue weighted by molar-refractivity contribution is 0.0724. The SMILES string of the molecule is CCCCNC(=S)Nc1ccc(C(=O)N2CCCCC2)cc1. The van der Waals surface area contributed by atoms with Crippen molar-refractivity contribution in [3.8, 4) is 0 Å². The third kappa shape index (κ3) is 4.98. The van der Waals surface area contributed by atoms with Gasteiger partial charge in [0.15, 0.2) is 5.11 Å². The molecule has 120 valence electrons. The first-order chi connectivity index (χ1) is 10.7. The molecule has 1 saturated heterocycles. The van der Waals surface area contributed by atoms with Gasteiger partial charge in [-0.05, 0) is 62.2 Å². The molecule has 22 heavy (non-hydrogen) atoms. The van der Waals surface area contributed by atoms with E-state index < -0.39 is 0 Å². The van der Waals surface area contributed by atoms with Gasteiger partial charge in [0.25, 0.3) is 5.91 Å². The lowest BCUT2D eigenvalue weighted by Gasteiger charge is -2.26. The molecule has 5 heteroatoms. The van der Waals surface area contributed by atoms with Crippen LogP contribution in [0.5, 0.6) is 0 Å². The molecule has 4 nitrogen and oxygen atoms in total. The first-order valence-corrected chi connectivity index (χ1v) is 8.55. The highest BCUT2D eigenvalue weighted by molar-refractivity contribution is 7.80. The minimum Gasteiger partial charge on any atom is -0.362 e. The molecule has 1 aliphatic heterocycles. The third-order valence-corrected chi connectivity index (χ3v) is 4.10. The Morgan fingerprint density at radius 1 is 1.18 bits per heavy atom. The summed E-state index contributed by atoms with van der Waals surface area (Å²) < 4.78 is 0. The maximum absolute atomic E-state index is 12.4. The van der Waals surface area contributed by atoms with Gasteiger partial charge in [0.05, 0.1) is 0 Å². The number of nitrogens with one attached hydrogen (secondary N) is 2. The van der Waals surface area contributed by atoms with E-state index in [0.29, 0.717) is 5.11 Å². The molecule has 2 rings (SSSR count). The van der Waals surface area contributed by atoms with E-state index in [-0.39, 0.29) is 5.91 Å². The molecule has 1 aromatic rings. The Morgan fingerprint density at radius 2 is 1.86 bits per heavy atom. The second kappa shape index (κ2) is 8.73. The number of carbonyl (C=O) groups is 1. The summed E-state index contributed by atoms with van der Waals surface area (Å²) >= 11 is 5.24. The minimum absolute atomic E-state index is 0.134. The molecule has 0 spiro atoms. The van der Waals surface area contributed by atoms with Crippen LogP contribution in [0.4, 0.5) is 5.69 Å². The van der Waals surface area contributed by atoms with Gasteiger partial charge >= 0.3 is 0 Å². The standard InChI is InChI=1S/C17H25N3OS/c1-2-3-11-18-17(22)19-15-9-7-14(8-10-15)16(21)20-12-5-4-6-13-20/h7-10H,2-6,11-13H2,1H3,(H2,18,19,22). The fraction of sp³-hybridized carbons (Fsp3) is 0.529. The highest BCUT2D eigenvalue weighted by Gasteiger charge is 2.17. The fourth-order valence-corrected chi connectivity index (χ4v) is 2.75. The van der Waals surface area contributed by atoms with E-state index in [1.807, 2.05) is 29.2 Å². The number of nitrogens with zero attached hydrogens (tertiary/aromatic N) is 1. The number of carbonyl (C=O) groups excluding carboxylic acids is 1. The number of piperidine rings is 1. The second-order valence-corrected chi connectivity index (χ2v) is 6.07. The van der Waals surface area contributed by atoms with E-state index in [0.717, 1.165) is 56.6 Å². The third-order valence-electron chi connectivity index (χ3n) is 3.85. The van der Waals surface area contributed by atoms with E-state index in [1.165, 1.54) is 6.42 Å². The summed E-state index contributed by atoms with van der Waals surface area (Å²) in [7, 11) is 0. The van der Waals surface area contributed by atoms with Crippen LogP contribution in [-0.2, 0) is 0 Å². The van der Waals surface area contributed by atoms with Crippen molar-refractivity contribution in [3.05, 3.63) is 29.8 Å². The van der Waals surface area contributed by atoms with Crippen LogP contribution in [0.3, 0.4) is 0 Å². The number of likely N-dealkylation sites (tertiary alicyclic amines) is 1. The van der Waals surface area contributed by atoms with Crippen molar-refractivity contribution in [2.24, 2.45) is 0 Å². The highest BCUT2D eigenvalue weighted by Crippen LogP contribution is 2.15. The van der Waals surface area contributed by atoms with Gasteiger partial charge in [-0.1, -0.05) is 13.3 Å². The van der Waals surface area contributed by atoms with Gasteiger partial charge in [-0.25, -0.2) is 0 Å². The van der Waals surface area contributed by atoms with Crippen molar-refractivity contribution in [1.82, 2.24) is 10.2 Å². The molecule has 0 aliphatic carbocycles. The molecule has 0 aromatic heterocycles. The van der Waals surface area contributed by atoms with Crippen molar-refractivity contribution < 1.29 is 4.79 Å². The molecular formula is C17H25N3OS. The number of hydrogen-bond acceptors (Lipinski definition) is 2. The van der Waals surface area contributed by atoms with Crippen LogP contribution in [0.15, 0.2) is 24.3 Å². The quantitative estimate of drug-likeness (QED) is 0.645.